The summed E-state index contributed by atoms with van der Waals surface area (Å²) in [6, 6.07) is 5.05. The molecular weight excluding hydrogens is 252 g/mol. The second kappa shape index (κ2) is 5.41. The Labute approximate surface area is 99.6 Å². The first kappa shape index (κ1) is 13.1. The number of methoxy groups -OCH3 is 1. The molecule has 0 saturated heterocycles. The van der Waals surface area contributed by atoms with E-state index in [4.69, 9.17) is 20.2 Å². The fourth-order valence-electron chi connectivity index (χ4n) is 1.36. The maximum atomic E-state index is 11.0. The molecule has 0 radical (unpaired) electrons. The molecule has 0 aliphatic heterocycles. The van der Waals surface area contributed by atoms with E-state index in [9.17, 15) is 8.42 Å². The number of para-hydroxylation sites is 1. The van der Waals surface area contributed by atoms with E-state index >= 15 is 0 Å². The van der Waals surface area contributed by atoms with Crippen molar-refractivity contribution < 1.29 is 17.9 Å². The van der Waals surface area contributed by atoms with Gasteiger partial charge >= 0.3 is 0 Å². The summed E-state index contributed by atoms with van der Waals surface area (Å²) in [5.74, 6) is 0.648. The van der Waals surface area contributed by atoms with E-state index in [-0.39, 0.29) is 5.75 Å². The highest BCUT2D eigenvalue weighted by molar-refractivity contribution is 8.13. The molecule has 1 aromatic carbocycles. The fraction of sp³-hybridized carbons (Fsp3) is 0.400. The van der Waals surface area contributed by atoms with E-state index in [1.807, 2.05) is 6.92 Å². The van der Waals surface area contributed by atoms with Gasteiger partial charge in [-0.3, -0.25) is 0 Å². The van der Waals surface area contributed by atoms with Crippen LogP contribution in [-0.4, -0.2) is 22.1 Å². The molecular formula is C10H13ClO4S. The van der Waals surface area contributed by atoms with Gasteiger partial charge in [0.2, 0.25) is 9.05 Å². The zero-order valence-corrected chi connectivity index (χ0v) is 10.6. The molecule has 1 aromatic rings. The Morgan fingerprint density at radius 1 is 1.38 bits per heavy atom. The van der Waals surface area contributed by atoms with Crippen LogP contribution in [0.2, 0.25) is 0 Å². The molecule has 0 amide bonds. The van der Waals surface area contributed by atoms with Gasteiger partial charge in [0, 0.05) is 16.2 Å². The smallest absolute Gasteiger partial charge is 0.236 e. The molecule has 0 aromatic heterocycles. The lowest BCUT2D eigenvalue weighted by Crippen LogP contribution is -2.01. The molecule has 0 spiro atoms. The molecule has 4 nitrogen and oxygen atoms in total. The van der Waals surface area contributed by atoms with Crippen LogP contribution in [0.25, 0.3) is 0 Å². The average molecular weight is 265 g/mol. The maximum Gasteiger partial charge on any atom is 0.236 e. The molecule has 0 N–H and O–H groups in total. The van der Waals surface area contributed by atoms with Crippen molar-refractivity contribution in [2.45, 2.75) is 12.7 Å². The lowest BCUT2D eigenvalue weighted by atomic mass is 10.2. The Kier molecular flexibility index (Phi) is 4.44. The Bertz CT molecular complexity index is 456. The lowest BCUT2D eigenvalue weighted by Gasteiger charge is -2.12. The van der Waals surface area contributed by atoms with Crippen molar-refractivity contribution in [3.05, 3.63) is 23.8 Å². The normalized spacial score (nSPS) is 11.2. The summed E-state index contributed by atoms with van der Waals surface area (Å²) in [6.45, 7) is 2.32. The minimum absolute atomic E-state index is 0.279. The first-order valence-electron chi connectivity index (χ1n) is 4.69. The Morgan fingerprint density at radius 3 is 2.56 bits per heavy atom. The molecule has 0 heterocycles. The van der Waals surface area contributed by atoms with E-state index in [1.54, 1.807) is 18.2 Å². The van der Waals surface area contributed by atoms with Gasteiger partial charge in [0.1, 0.15) is 0 Å². The highest BCUT2D eigenvalue weighted by Gasteiger charge is 2.15. The summed E-state index contributed by atoms with van der Waals surface area (Å²) in [7, 11) is 3.06. The van der Waals surface area contributed by atoms with Gasteiger partial charge < -0.3 is 9.47 Å². The Balaban J connectivity index is 3.13. The third-order valence-electron chi connectivity index (χ3n) is 1.89. The van der Waals surface area contributed by atoms with E-state index in [0.29, 0.717) is 23.7 Å². The van der Waals surface area contributed by atoms with Gasteiger partial charge in [-0.25, -0.2) is 8.42 Å². The quantitative estimate of drug-likeness (QED) is 0.765. The molecule has 0 saturated carbocycles. The van der Waals surface area contributed by atoms with Gasteiger partial charge in [-0.2, -0.15) is 0 Å². The van der Waals surface area contributed by atoms with Gasteiger partial charge in [0.05, 0.1) is 19.5 Å². The van der Waals surface area contributed by atoms with Crippen molar-refractivity contribution >= 4 is 19.7 Å². The number of rotatable bonds is 5. The summed E-state index contributed by atoms with van der Waals surface area (Å²) in [5.41, 5.74) is 0.489. The summed E-state index contributed by atoms with van der Waals surface area (Å²) < 4.78 is 32.5. The molecule has 0 aliphatic carbocycles. The van der Waals surface area contributed by atoms with E-state index < -0.39 is 9.05 Å². The number of hydrogen-bond donors (Lipinski definition) is 0. The number of hydrogen-bond acceptors (Lipinski definition) is 4. The second-order valence-corrected chi connectivity index (χ2v) is 5.84. The molecule has 0 atom stereocenters. The van der Waals surface area contributed by atoms with Crippen LogP contribution in [0.4, 0.5) is 0 Å². The molecule has 90 valence electrons. The monoisotopic (exact) mass is 264 g/mol. The van der Waals surface area contributed by atoms with Crippen LogP contribution in [0, 0.1) is 0 Å². The van der Waals surface area contributed by atoms with Gasteiger partial charge in [0.25, 0.3) is 0 Å². The standard InChI is InChI=1S/C10H13ClO4S/c1-3-15-9-6-4-5-8(10(9)14-2)7-16(11,12)13/h4-6H,3,7H2,1-2H3. The zero-order valence-electron chi connectivity index (χ0n) is 9.07. The predicted molar refractivity (Wildman–Crippen MR) is 62.6 cm³/mol. The van der Waals surface area contributed by atoms with Crippen LogP contribution in [0.15, 0.2) is 18.2 Å². The minimum atomic E-state index is -3.60. The third kappa shape index (κ3) is 3.57. The molecule has 0 aliphatic rings. The van der Waals surface area contributed by atoms with Gasteiger partial charge in [-0.15, -0.1) is 0 Å². The third-order valence-corrected chi connectivity index (χ3v) is 2.88. The predicted octanol–water partition coefficient (Wildman–Crippen LogP) is 2.16. The molecule has 0 fully saturated rings. The fourth-order valence-corrected chi connectivity index (χ4v) is 2.31. The van der Waals surface area contributed by atoms with Crippen LogP contribution in [0.5, 0.6) is 11.5 Å². The Hall–Kier alpha value is -0.940. The van der Waals surface area contributed by atoms with Crippen LogP contribution >= 0.6 is 10.7 Å². The van der Waals surface area contributed by atoms with Gasteiger partial charge in [-0.1, -0.05) is 12.1 Å². The van der Waals surface area contributed by atoms with Crippen LogP contribution < -0.4 is 9.47 Å². The topological polar surface area (TPSA) is 52.6 Å². The largest absolute Gasteiger partial charge is 0.493 e. The van der Waals surface area contributed by atoms with Crippen molar-refractivity contribution in [3.63, 3.8) is 0 Å². The maximum absolute atomic E-state index is 11.0. The van der Waals surface area contributed by atoms with Crippen molar-refractivity contribution in [2.75, 3.05) is 13.7 Å². The zero-order chi connectivity index (χ0) is 12.2. The average Bonchev–Trinajstić information content (AvgIpc) is 2.16. The number of halogens is 1. The van der Waals surface area contributed by atoms with Gasteiger partial charge in [-0.05, 0) is 13.0 Å². The summed E-state index contributed by atoms with van der Waals surface area (Å²) in [5, 5.41) is 0. The summed E-state index contributed by atoms with van der Waals surface area (Å²) >= 11 is 0. The number of ether oxygens (including phenoxy) is 2. The van der Waals surface area contributed by atoms with Crippen molar-refractivity contribution in [2.24, 2.45) is 0 Å². The molecule has 0 bridgehead atoms. The van der Waals surface area contributed by atoms with Crippen LogP contribution in [-0.2, 0) is 14.8 Å². The summed E-state index contributed by atoms with van der Waals surface area (Å²) in [4.78, 5) is 0. The van der Waals surface area contributed by atoms with Crippen LogP contribution in [0.1, 0.15) is 12.5 Å². The van der Waals surface area contributed by atoms with Gasteiger partial charge in [0.15, 0.2) is 11.5 Å². The minimum Gasteiger partial charge on any atom is -0.493 e. The van der Waals surface area contributed by atoms with E-state index in [2.05, 4.69) is 0 Å². The van der Waals surface area contributed by atoms with E-state index in [0.717, 1.165) is 0 Å². The molecule has 0 unspecified atom stereocenters. The highest BCUT2D eigenvalue weighted by atomic mass is 35.7. The lowest BCUT2D eigenvalue weighted by molar-refractivity contribution is 0.309. The highest BCUT2D eigenvalue weighted by Crippen LogP contribution is 2.32. The van der Waals surface area contributed by atoms with Crippen LogP contribution in [0.3, 0.4) is 0 Å². The molecule has 6 heteroatoms. The van der Waals surface area contributed by atoms with Crippen molar-refractivity contribution in [1.29, 1.82) is 0 Å². The first-order valence-corrected chi connectivity index (χ1v) is 7.16. The van der Waals surface area contributed by atoms with Crippen molar-refractivity contribution in [3.8, 4) is 11.5 Å². The van der Waals surface area contributed by atoms with Crippen molar-refractivity contribution in [1.82, 2.24) is 0 Å². The first-order chi connectivity index (χ1) is 7.48. The number of benzene rings is 1. The molecule has 1 rings (SSSR count). The Morgan fingerprint density at radius 2 is 2.06 bits per heavy atom. The summed E-state index contributed by atoms with van der Waals surface area (Å²) in [6.07, 6.45) is 0. The SMILES string of the molecule is CCOc1cccc(CS(=O)(=O)Cl)c1OC. The van der Waals surface area contributed by atoms with E-state index in [1.165, 1.54) is 7.11 Å². The second-order valence-electron chi connectivity index (χ2n) is 3.06. The molecule has 16 heavy (non-hydrogen) atoms.